The van der Waals surface area contributed by atoms with E-state index in [1.54, 1.807) is 40.7 Å². The molecular weight excluding hydrogens is 462 g/mol. The monoisotopic (exact) mass is 505 g/mol. The smallest absolute Gasteiger partial charge is 0.408 e. The molecule has 1 aromatic rings. The van der Waals surface area contributed by atoms with Crippen molar-refractivity contribution in [1.82, 2.24) is 15.5 Å². The first-order valence-corrected chi connectivity index (χ1v) is 12.6. The van der Waals surface area contributed by atoms with Crippen LogP contribution in [0.5, 0.6) is 0 Å². The van der Waals surface area contributed by atoms with Gasteiger partial charge in [0.2, 0.25) is 11.8 Å². The van der Waals surface area contributed by atoms with Crippen molar-refractivity contribution in [2.45, 2.75) is 85.9 Å². The molecule has 0 fully saturated rings. The third-order valence-electron chi connectivity index (χ3n) is 5.75. The molecule has 1 aromatic carbocycles. The van der Waals surface area contributed by atoms with Crippen molar-refractivity contribution in [1.29, 1.82) is 0 Å². The molecule has 0 aliphatic carbocycles. The molecule has 0 heterocycles. The molecule has 3 unspecified atom stereocenters. The highest BCUT2D eigenvalue weighted by Gasteiger charge is 2.37. The number of nitrogens with one attached hydrogen (secondary N) is 2. The molecular formula is C27H43N3O6. The van der Waals surface area contributed by atoms with E-state index in [4.69, 9.17) is 9.47 Å². The number of amides is 3. The maximum Gasteiger partial charge on any atom is 0.408 e. The van der Waals surface area contributed by atoms with E-state index in [0.717, 1.165) is 5.56 Å². The van der Waals surface area contributed by atoms with E-state index >= 15 is 0 Å². The van der Waals surface area contributed by atoms with Gasteiger partial charge in [0.15, 0.2) is 0 Å². The molecule has 0 bridgehead atoms. The van der Waals surface area contributed by atoms with Crippen LogP contribution in [0, 0.1) is 12.8 Å². The molecule has 0 aliphatic heterocycles. The Kier molecular flexibility index (Phi) is 12.4. The molecule has 9 nitrogen and oxygen atoms in total. The van der Waals surface area contributed by atoms with Crippen LogP contribution >= 0.6 is 0 Å². The Morgan fingerprint density at radius 3 is 2.22 bits per heavy atom. The van der Waals surface area contributed by atoms with Crippen molar-refractivity contribution in [2.24, 2.45) is 5.92 Å². The zero-order chi connectivity index (χ0) is 27.5. The Balaban J connectivity index is 3.31. The molecule has 0 saturated carbocycles. The highest BCUT2D eigenvalue weighted by atomic mass is 16.6. The second kappa shape index (κ2) is 14.5. The molecule has 202 valence electrons. The predicted molar refractivity (Wildman–Crippen MR) is 138 cm³/mol. The Labute approximate surface area is 215 Å². The van der Waals surface area contributed by atoms with Gasteiger partial charge in [0, 0.05) is 13.1 Å². The van der Waals surface area contributed by atoms with E-state index in [0.29, 0.717) is 12.0 Å². The van der Waals surface area contributed by atoms with Crippen LogP contribution in [0.4, 0.5) is 4.79 Å². The number of rotatable bonds is 12. The SMILES string of the molecule is CCOC(=O)CCNC(=O)C(c1ccccc1C)N(CC)C(=O)C(NC(=O)OC(C)(C)C)C(C)CC. The molecule has 2 N–H and O–H groups in total. The summed E-state index contributed by atoms with van der Waals surface area (Å²) in [5.41, 5.74) is 0.788. The van der Waals surface area contributed by atoms with Crippen molar-refractivity contribution in [3.8, 4) is 0 Å². The standard InChI is InChI=1S/C27H43N3O6/c1-9-18(4)22(29-26(34)36-27(6,7)8)25(33)30(10-2)23(20-15-13-12-14-19(20)5)24(32)28-17-16-21(31)35-11-3/h12-15,18,22-23H,9-11,16-17H2,1-8H3,(H,28,32)(H,29,34). The van der Waals surface area contributed by atoms with Gasteiger partial charge < -0.3 is 25.0 Å². The molecule has 3 atom stereocenters. The summed E-state index contributed by atoms with van der Waals surface area (Å²) < 4.78 is 10.3. The van der Waals surface area contributed by atoms with E-state index in [-0.39, 0.29) is 37.9 Å². The number of hydrogen-bond acceptors (Lipinski definition) is 6. The molecule has 0 radical (unpaired) electrons. The fraction of sp³-hybridized carbons (Fsp3) is 0.630. The summed E-state index contributed by atoms with van der Waals surface area (Å²) in [4.78, 5) is 53.1. The molecule has 0 saturated heterocycles. The number of likely N-dealkylation sites (N-methyl/N-ethyl adjacent to an activating group) is 1. The third-order valence-corrected chi connectivity index (χ3v) is 5.75. The van der Waals surface area contributed by atoms with E-state index in [1.807, 2.05) is 39.0 Å². The van der Waals surface area contributed by atoms with Crippen molar-refractivity contribution < 1.29 is 28.7 Å². The Hall–Kier alpha value is -3.10. The summed E-state index contributed by atoms with van der Waals surface area (Å²) in [7, 11) is 0. The number of ether oxygens (including phenoxy) is 2. The van der Waals surface area contributed by atoms with Crippen LogP contribution in [0.1, 0.15) is 78.5 Å². The van der Waals surface area contributed by atoms with E-state index < -0.39 is 35.7 Å². The maximum absolute atomic E-state index is 13.9. The van der Waals surface area contributed by atoms with Crippen molar-refractivity contribution in [3.63, 3.8) is 0 Å². The lowest BCUT2D eigenvalue weighted by Gasteiger charge is -2.35. The number of alkyl carbamates (subject to hydrolysis) is 1. The molecule has 0 aromatic heterocycles. The van der Waals surface area contributed by atoms with Gasteiger partial charge >= 0.3 is 12.1 Å². The van der Waals surface area contributed by atoms with Crippen molar-refractivity contribution in [3.05, 3.63) is 35.4 Å². The lowest BCUT2D eigenvalue weighted by atomic mass is 9.94. The lowest BCUT2D eigenvalue weighted by Crippen LogP contribution is -2.55. The summed E-state index contributed by atoms with van der Waals surface area (Å²) in [5.74, 6) is -1.41. The minimum Gasteiger partial charge on any atom is -0.466 e. The summed E-state index contributed by atoms with van der Waals surface area (Å²) in [5, 5.41) is 5.50. The van der Waals surface area contributed by atoms with E-state index in [2.05, 4.69) is 10.6 Å². The summed E-state index contributed by atoms with van der Waals surface area (Å²) in [6, 6.07) is 5.52. The first-order chi connectivity index (χ1) is 16.9. The van der Waals surface area contributed by atoms with Gasteiger partial charge in [-0.25, -0.2) is 4.79 Å². The van der Waals surface area contributed by atoms with Gasteiger partial charge in [-0.3, -0.25) is 14.4 Å². The largest absolute Gasteiger partial charge is 0.466 e. The zero-order valence-electron chi connectivity index (χ0n) is 23.0. The third kappa shape index (κ3) is 9.51. The van der Waals surface area contributed by atoms with Crippen LogP contribution in [0.25, 0.3) is 0 Å². The van der Waals surface area contributed by atoms with Crippen LogP contribution in [-0.4, -0.2) is 60.1 Å². The van der Waals surface area contributed by atoms with Crippen LogP contribution in [0.15, 0.2) is 24.3 Å². The number of esters is 1. The number of hydrogen-bond donors (Lipinski definition) is 2. The lowest BCUT2D eigenvalue weighted by molar-refractivity contribution is -0.144. The molecule has 1 rings (SSSR count). The van der Waals surface area contributed by atoms with Gasteiger partial charge in [-0.1, -0.05) is 44.5 Å². The average molecular weight is 506 g/mol. The average Bonchev–Trinajstić information content (AvgIpc) is 2.79. The normalized spacial score (nSPS) is 13.7. The Bertz CT molecular complexity index is 896. The van der Waals surface area contributed by atoms with Crippen LogP contribution in [-0.2, 0) is 23.9 Å². The first-order valence-electron chi connectivity index (χ1n) is 12.6. The minimum atomic E-state index is -0.946. The van der Waals surface area contributed by atoms with Gasteiger partial charge in [-0.05, 0) is 58.6 Å². The van der Waals surface area contributed by atoms with Crippen molar-refractivity contribution >= 4 is 23.9 Å². The van der Waals surface area contributed by atoms with Gasteiger partial charge in [-0.2, -0.15) is 0 Å². The summed E-state index contributed by atoms with van der Waals surface area (Å²) >= 11 is 0. The molecule has 9 heteroatoms. The second-order valence-electron chi connectivity index (χ2n) is 9.74. The second-order valence-corrected chi connectivity index (χ2v) is 9.74. The van der Waals surface area contributed by atoms with Crippen molar-refractivity contribution in [2.75, 3.05) is 19.7 Å². The molecule has 0 aliphatic rings. The first kappa shape index (κ1) is 30.9. The molecule has 3 amide bonds. The number of aryl methyl sites for hydroxylation is 1. The number of benzene rings is 1. The highest BCUT2D eigenvalue weighted by Crippen LogP contribution is 2.26. The van der Waals surface area contributed by atoms with Gasteiger partial charge in [0.25, 0.3) is 0 Å². The topological polar surface area (TPSA) is 114 Å². The Morgan fingerprint density at radius 1 is 1.06 bits per heavy atom. The quantitative estimate of drug-likeness (QED) is 0.417. The van der Waals surface area contributed by atoms with Gasteiger partial charge in [0.1, 0.15) is 17.7 Å². The van der Waals surface area contributed by atoms with E-state index in [1.165, 1.54) is 4.90 Å². The number of carbonyl (C=O) groups excluding carboxylic acids is 4. The fourth-order valence-electron chi connectivity index (χ4n) is 3.72. The van der Waals surface area contributed by atoms with Crippen LogP contribution in [0.3, 0.4) is 0 Å². The van der Waals surface area contributed by atoms with Crippen LogP contribution in [0.2, 0.25) is 0 Å². The van der Waals surface area contributed by atoms with Gasteiger partial charge in [0.05, 0.1) is 13.0 Å². The molecule has 36 heavy (non-hydrogen) atoms. The van der Waals surface area contributed by atoms with E-state index in [9.17, 15) is 19.2 Å². The zero-order valence-corrected chi connectivity index (χ0v) is 23.0. The summed E-state index contributed by atoms with van der Waals surface area (Å²) in [6.07, 6.45) is -0.0380. The van der Waals surface area contributed by atoms with Crippen LogP contribution < -0.4 is 10.6 Å². The number of nitrogens with zero attached hydrogens (tertiary/aromatic N) is 1. The summed E-state index contributed by atoms with van der Waals surface area (Å²) in [6.45, 7) is 15.0. The maximum atomic E-state index is 13.9. The number of carbonyl (C=O) groups is 4. The molecule has 0 spiro atoms. The highest BCUT2D eigenvalue weighted by molar-refractivity contribution is 5.92. The minimum absolute atomic E-state index is 0.0236. The predicted octanol–water partition coefficient (Wildman–Crippen LogP) is 3.89. The Morgan fingerprint density at radius 2 is 1.69 bits per heavy atom. The van der Waals surface area contributed by atoms with Gasteiger partial charge in [-0.15, -0.1) is 0 Å². The fourth-order valence-corrected chi connectivity index (χ4v) is 3.72.